The van der Waals surface area contributed by atoms with Crippen LogP contribution in [0.15, 0.2) is 0 Å². The number of aliphatic hydroxyl groups is 1. The van der Waals surface area contributed by atoms with Gasteiger partial charge >= 0.3 is 0 Å². The van der Waals surface area contributed by atoms with Crippen molar-refractivity contribution in [3.63, 3.8) is 0 Å². The molecule has 6 nitrogen and oxygen atoms in total. The van der Waals surface area contributed by atoms with Gasteiger partial charge in [0.1, 0.15) is 0 Å². The standard InChI is InChI=1S/C18H32N2O4/c1-14(21)20-9-3-7-18(20)17-6-2-8-19(17)11-15(22)12-23-13-16-5-4-10-24-16/h15-18,22H,2-13H2,1H3/t15-,16+,17+,18-/m1/s1. The Morgan fingerprint density at radius 2 is 2.00 bits per heavy atom. The Morgan fingerprint density at radius 3 is 2.75 bits per heavy atom. The van der Waals surface area contributed by atoms with Crippen LogP contribution in [-0.2, 0) is 14.3 Å². The summed E-state index contributed by atoms with van der Waals surface area (Å²) in [5.41, 5.74) is 0. The monoisotopic (exact) mass is 340 g/mol. The first-order valence-corrected chi connectivity index (χ1v) is 9.54. The van der Waals surface area contributed by atoms with Gasteiger partial charge < -0.3 is 19.5 Å². The third kappa shape index (κ3) is 4.48. The highest BCUT2D eigenvalue weighted by Gasteiger charge is 2.39. The van der Waals surface area contributed by atoms with Crippen molar-refractivity contribution < 1.29 is 19.4 Å². The first-order chi connectivity index (χ1) is 11.6. The van der Waals surface area contributed by atoms with E-state index in [1.165, 1.54) is 0 Å². The lowest BCUT2D eigenvalue weighted by atomic mass is 10.0. The van der Waals surface area contributed by atoms with E-state index >= 15 is 0 Å². The summed E-state index contributed by atoms with van der Waals surface area (Å²) < 4.78 is 11.2. The zero-order valence-electron chi connectivity index (χ0n) is 14.9. The second-order valence-electron chi connectivity index (χ2n) is 7.45. The molecule has 24 heavy (non-hydrogen) atoms. The van der Waals surface area contributed by atoms with E-state index in [-0.39, 0.29) is 12.0 Å². The minimum absolute atomic E-state index is 0.185. The number of hydrogen-bond donors (Lipinski definition) is 1. The third-order valence-electron chi connectivity index (χ3n) is 5.65. The fourth-order valence-corrected chi connectivity index (χ4v) is 4.53. The Bertz CT molecular complexity index is 414. The molecule has 0 bridgehead atoms. The van der Waals surface area contributed by atoms with Gasteiger partial charge in [0, 0.05) is 38.7 Å². The quantitative estimate of drug-likeness (QED) is 0.750. The molecule has 1 amide bonds. The molecule has 0 unspecified atom stereocenters. The molecular formula is C18H32N2O4. The number of aliphatic hydroxyl groups excluding tert-OH is 1. The molecule has 0 saturated carbocycles. The van der Waals surface area contributed by atoms with E-state index in [0.717, 1.165) is 58.2 Å². The average molecular weight is 340 g/mol. The lowest BCUT2D eigenvalue weighted by molar-refractivity contribution is -0.130. The van der Waals surface area contributed by atoms with E-state index in [4.69, 9.17) is 9.47 Å². The normalized spacial score (nSPS) is 32.6. The fourth-order valence-electron chi connectivity index (χ4n) is 4.53. The molecule has 0 aromatic heterocycles. The van der Waals surface area contributed by atoms with Crippen molar-refractivity contribution in [1.82, 2.24) is 9.80 Å². The highest BCUT2D eigenvalue weighted by atomic mass is 16.5. The van der Waals surface area contributed by atoms with Gasteiger partial charge in [0.15, 0.2) is 0 Å². The maximum absolute atomic E-state index is 11.8. The summed E-state index contributed by atoms with van der Waals surface area (Å²) in [5, 5.41) is 10.3. The molecule has 3 saturated heterocycles. The summed E-state index contributed by atoms with van der Waals surface area (Å²) in [7, 11) is 0. The molecule has 0 spiro atoms. The zero-order chi connectivity index (χ0) is 16.9. The highest BCUT2D eigenvalue weighted by molar-refractivity contribution is 5.74. The SMILES string of the molecule is CC(=O)N1CCC[C@@H]1[C@@H]1CCCN1C[C@@H](O)COC[C@@H]1CCCO1. The summed E-state index contributed by atoms with van der Waals surface area (Å²) in [4.78, 5) is 16.2. The van der Waals surface area contributed by atoms with Crippen molar-refractivity contribution in [3.05, 3.63) is 0 Å². The summed E-state index contributed by atoms with van der Waals surface area (Å²) >= 11 is 0. The molecule has 6 heteroatoms. The number of carbonyl (C=O) groups is 1. The maximum Gasteiger partial charge on any atom is 0.219 e. The van der Waals surface area contributed by atoms with E-state index < -0.39 is 6.10 Å². The molecule has 0 aromatic rings. The molecule has 1 N–H and O–H groups in total. The first-order valence-electron chi connectivity index (χ1n) is 9.54. The Kier molecular flexibility index (Phi) is 6.49. The molecule has 0 aromatic carbocycles. The van der Waals surface area contributed by atoms with Crippen molar-refractivity contribution in [3.8, 4) is 0 Å². The van der Waals surface area contributed by atoms with Crippen LogP contribution in [-0.4, -0.2) is 84.6 Å². The van der Waals surface area contributed by atoms with Gasteiger partial charge in [0.2, 0.25) is 5.91 Å². The van der Waals surface area contributed by atoms with Gasteiger partial charge in [-0.1, -0.05) is 0 Å². The Labute approximate surface area is 145 Å². The van der Waals surface area contributed by atoms with Crippen LogP contribution in [0, 0.1) is 0 Å². The van der Waals surface area contributed by atoms with Crippen LogP contribution in [0.5, 0.6) is 0 Å². The number of nitrogens with zero attached hydrogens (tertiary/aromatic N) is 2. The van der Waals surface area contributed by atoms with Gasteiger partial charge in [0.25, 0.3) is 0 Å². The van der Waals surface area contributed by atoms with Crippen LogP contribution >= 0.6 is 0 Å². The third-order valence-corrected chi connectivity index (χ3v) is 5.65. The second kappa shape index (κ2) is 8.61. The zero-order valence-corrected chi connectivity index (χ0v) is 14.9. The molecule has 138 valence electrons. The number of rotatable bonds is 7. The number of amides is 1. The average Bonchev–Trinajstić information content (AvgIpc) is 3.28. The van der Waals surface area contributed by atoms with Crippen molar-refractivity contribution in [2.75, 3.05) is 39.5 Å². The predicted molar refractivity (Wildman–Crippen MR) is 90.8 cm³/mol. The van der Waals surface area contributed by atoms with Crippen molar-refractivity contribution in [2.45, 2.75) is 69.7 Å². The van der Waals surface area contributed by atoms with E-state index in [2.05, 4.69) is 4.90 Å². The topological polar surface area (TPSA) is 62.2 Å². The van der Waals surface area contributed by atoms with E-state index in [1.54, 1.807) is 6.92 Å². The smallest absolute Gasteiger partial charge is 0.219 e. The summed E-state index contributed by atoms with van der Waals surface area (Å²) in [6.45, 7) is 5.99. The van der Waals surface area contributed by atoms with Gasteiger partial charge in [-0.05, 0) is 45.1 Å². The van der Waals surface area contributed by atoms with Crippen LogP contribution in [0.2, 0.25) is 0 Å². The van der Waals surface area contributed by atoms with Gasteiger partial charge in [-0.2, -0.15) is 0 Å². The maximum atomic E-state index is 11.8. The lowest BCUT2D eigenvalue weighted by Gasteiger charge is -2.35. The van der Waals surface area contributed by atoms with Crippen LogP contribution in [0.1, 0.15) is 45.4 Å². The molecule has 4 atom stereocenters. The summed E-state index contributed by atoms with van der Waals surface area (Å²) in [6.07, 6.45) is 6.37. The fraction of sp³-hybridized carbons (Fsp3) is 0.944. The molecule has 3 fully saturated rings. The van der Waals surface area contributed by atoms with Crippen LogP contribution < -0.4 is 0 Å². The molecular weight excluding hydrogens is 308 g/mol. The predicted octanol–water partition coefficient (Wildman–Crippen LogP) is 1.02. The molecule has 3 rings (SSSR count). The van der Waals surface area contributed by atoms with Crippen LogP contribution in [0.25, 0.3) is 0 Å². The van der Waals surface area contributed by atoms with Crippen LogP contribution in [0.4, 0.5) is 0 Å². The van der Waals surface area contributed by atoms with E-state index in [1.807, 2.05) is 4.90 Å². The molecule has 3 aliphatic heterocycles. The van der Waals surface area contributed by atoms with Crippen LogP contribution in [0.3, 0.4) is 0 Å². The largest absolute Gasteiger partial charge is 0.389 e. The Balaban J connectivity index is 1.43. The lowest BCUT2D eigenvalue weighted by Crippen LogP contribution is -2.49. The number of hydrogen-bond acceptors (Lipinski definition) is 5. The second-order valence-corrected chi connectivity index (χ2v) is 7.45. The molecule has 3 heterocycles. The summed E-state index contributed by atoms with van der Waals surface area (Å²) in [5.74, 6) is 0.185. The van der Waals surface area contributed by atoms with Gasteiger partial charge in [0.05, 0.1) is 25.4 Å². The Morgan fingerprint density at radius 1 is 1.21 bits per heavy atom. The van der Waals surface area contributed by atoms with Gasteiger partial charge in [-0.25, -0.2) is 0 Å². The van der Waals surface area contributed by atoms with Crippen molar-refractivity contribution >= 4 is 5.91 Å². The van der Waals surface area contributed by atoms with E-state index in [9.17, 15) is 9.90 Å². The van der Waals surface area contributed by atoms with Gasteiger partial charge in [-0.15, -0.1) is 0 Å². The minimum atomic E-state index is -0.473. The van der Waals surface area contributed by atoms with E-state index in [0.29, 0.717) is 31.8 Å². The van der Waals surface area contributed by atoms with Gasteiger partial charge in [-0.3, -0.25) is 9.69 Å². The highest BCUT2D eigenvalue weighted by Crippen LogP contribution is 2.30. The van der Waals surface area contributed by atoms with Crippen molar-refractivity contribution in [2.24, 2.45) is 0 Å². The molecule has 0 aliphatic carbocycles. The summed E-state index contributed by atoms with van der Waals surface area (Å²) in [6, 6.07) is 0.717. The number of likely N-dealkylation sites (tertiary alicyclic amines) is 2. The Hall–Kier alpha value is -0.690. The minimum Gasteiger partial charge on any atom is -0.389 e. The van der Waals surface area contributed by atoms with Crippen molar-refractivity contribution in [1.29, 1.82) is 0 Å². The molecule has 0 radical (unpaired) electrons. The first kappa shape index (κ1) is 18.1. The number of ether oxygens (including phenoxy) is 2. The molecule has 3 aliphatic rings. The number of carbonyl (C=O) groups excluding carboxylic acids is 1. The number of β-amino-alcohol motifs (C(OH)–C–C–N with tert-alkyl or cyclic N) is 1.